The van der Waals surface area contributed by atoms with Crippen LogP contribution in [0.15, 0.2) is 41.3 Å². The Labute approximate surface area is 160 Å². The zero-order valence-corrected chi connectivity index (χ0v) is 16.9. The zero-order chi connectivity index (χ0) is 20.2. The van der Waals surface area contributed by atoms with Gasteiger partial charge in [-0.3, -0.25) is 4.79 Å². The summed E-state index contributed by atoms with van der Waals surface area (Å²) < 4.78 is 36.4. The first kappa shape index (κ1) is 20.7. The van der Waals surface area contributed by atoms with Crippen LogP contribution in [0.1, 0.15) is 11.1 Å². The Morgan fingerprint density at radius 2 is 1.70 bits per heavy atom. The number of anilines is 1. The maximum atomic E-state index is 12.4. The van der Waals surface area contributed by atoms with Crippen molar-refractivity contribution < 1.29 is 22.7 Å². The van der Waals surface area contributed by atoms with Crippen molar-refractivity contribution in [3.8, 4) is 11.5 Å². The van der Waals surface area contributed by atoms with E-state index in [4.69, 9.17) is 9.47 Å². The molecule has 8 heteroatoms. The van der Waals surface area contributed by atoms with E-state index in [1.807, 2.05) is 0 Å². The number of amides is 1. The molecule has 2 aromatic rings. The Balaban J connectivity index is 2.19. The lowest BCUT2D eigenvalue weighted by Gasteiger charge is -2.15. The van der Waals surface area contributed by atoms with Crippen LogP contribution in [0.4, 0.5) is 5.69 Å². The van der Waals surface area contributed by atoms with E-state index < -0.39 is 10.0 Å². The van der Waals surface area contributed by atoms with Gasteiger partial charge in [0.05, 0.1) is 25.5 Å². The summed E-state index contributed by atoms with van der Waals surface area (Å²) in [7, 11) is 2.42. The van der Waals surface area contributed by atoms with Crippen LogP contribution in [-0.4, -0.2) is 46.9 Å². The van der Waals surface area contributed by atoms with Crippen LogP contribution < -0.4 is 14.8 Å². The highest BCUT2D eigenvalue weighted by Gasteiger charge is 2.20. The predicted octanol–water partition coefficient (Wildman–Crippen LogP) is 2.44. The molecule has 0 aliphatic carbocycles. The number of carbonyl (C=O) groups is 1. The normalized spacial score (nSPS) is 11.3. The van der Waals surface area contributed by atoms with Gasteiger partial charge >= 0.3 is 0 Å². The Morgan fingerprint density at radius 1 is 1.04 bits per heavy atom. The second-order valence-corrected chi connectivity index (χ2v) is 8.30. The SMILES string of the molecule is COc1ccc(CC(=O)Nc2ccc(C)c(S(=O)(=O)N(C)C)c2)cc1OC. The third-order valence-electron chi connectivity index (χ3n) is 4.04. The maximum absolute atomic E-state index is 12.4. The van der Waals surface area contributed by atoms with Crippen LogP contribution in [0.2, 0.25) is 0 Å². The summed E-state index contributed by atoms with van der Waals surface area (Å²) in [5.74, 6) is 0.857. The van der Waals surface area contributed by atoms with Gasteiger partial charge in [-0.25, -0.2) is 12.7 Å². The van der Waals surface area contributed by atoms with Gasteiger partial charge in [0.15, 0.2) is 11.5 Å². The van der Waals surface area contributed by atoms with Gasteiger partial charge in [-0.05, 0) is 42.3 Å². The number of ether oxygens (including phenoxy) is 2. The Hall–Kier alpha value is -2.58. The number of sulfonamides is 1. The quantitative estimate of drug-likeness (QED) is 0.782. The van der Waals surface area contributed by atoms with Crippen molar-refractivity contribution in [2.45, 2.75) is 18.2 Å². The number of nitrogens with zero attached hydrogens (tertiary/aromatic N) is 1. The summed E-state index contributed by atoms with van der Waals surface area (Å²) in [6, 6.07) is 10.1. The smallest absolute Gasteiger partial charge is 0.242 e. The second-order valence-electron chi connectivity index (χ2n) is 6.18. The molecule has 146 valence electrons. The summed E-state index contributed by atoms with van der Waals surface area (Å²) in [5.41, 5.74) is 1.78. The lowest BCUT2D eigenvalue weighted by molar-refractivity contribution is -0.115. The highest BCUT2D eigenvalue weighted by Crippen LogP contribution is 2.28. The molecule has 1 N–H and O–H groups in total. The number of nitrogens with one attached hydrogen (secondary N) is 1. The topological polar surface area (TPSA) is 84.9 Å². The number of carbonyl (C=O) groups excluding carboxylic acids is 1. The molecule has 0 radical (unpaired) electrons. The fourth-order valence-electron chi connectivity index (χ4n) is 2.53. The van der Waals surface area contributed by atoms with Crippen LogP contribution in [0, 0.1) is 6.92 Å². The molecule has 0 saturated heterocycles. The van der Waals surface area contributed by atoms with E-state index in [0.29, 0.717) is 22.7 Å². The van der Waals surface area contributed by atoms with Crippen LogP contribution >= 0.6 is 0 Å². The van der Waals surface area contributed by atoms with E-state index in [2.05, 4.69) is 5.32 Å². The molecule has 7 nitrogen and oxygen atoms in total. The van der Waals surface area contributed by atoms with E-state index in [1.165, 1.54) is 27.3 Å². The van der Waals surface area contributed by atoms with Crippen molar-refractivity contribution >= 4 is 21.6 Å². The van der Waals surface area contributed by atoms with Crippen molar-refractivity contribution in [3.63, 3.8) is 0 Å². The lowest BCUT2D eigenvalue weighted by atomic mass is 10.1. The molecule has 2 aromatic carbocycles. The monoisotopic (exact) mass is 392 g/mol. The van der Waals surface area contributed by atoms with Gasteiger partial charge in [-0.15, -0.1) is 0 Å². The lowest BCUT2D eigenvalue weighted by Crippen LogP contribution is -2.23. The molecule has 0 aliphatic rings. The Kier molecular flexibility index (Phi) is 6.45. The Morgan fingerprint density at radius 3 is 2.30 bits per heavy atom. The number of aryl methyl sites for hydroxylation is 1. The number of benzene rings is 2. The van der Waals surface area contributed by atoms with Gasteiger partial charge in [0, 0.05) is 19.8 Å². The molecule has 0 aliphatic heterocycles. The van der Waals surface area contributed by atoms with Crippen LogP contribution in [0.3, 0.4) is 0 Å². The van der Waals surface area contributed by atoms with Gasteiger partial charge in [-0.2, -0.15) is 0 Å². The predicted molar refractivity (Wildman–Crippen MR) is 104 cm³/mol. The number of hydrogen-bond donors (Lipinski definition) is 1. The third kappa shape index (κ3) is 4.78. The molecular formula is C19H24N2O5S. The highest BCUT2D eigenvalue weighted by molar-refractivity contribution is 7.89. The van der Waals surface area contributed by atoms with Crippen molar-refractivity contribution in [1.82, 2.24) is 4.31 Å². The third-order valence-corrected chi connectivity index (χ3v) is 6.00. The number of rotatable bonds is 7. The summed E-state index contributed by atoms with van der Waals surface area (Å²) in [6.45, 7) is 1.71. The van der Waals surface area contributed by atoms with Crippen molar-refractivity contribution in [3.05, 3.63) is 47.5 Å². The first-order valence-corrected chi connectivity index (χ1v) is 9.67. The average molecular weight is 392 g/mol. The van der Waals surface area contributed by atoms with Crippen molar-refractivity contribution in [2.24, 2.45) is 0 Å². The highest BCUT2D eigenvalue weighted by atomic mass is 32.2. The minimum Gasteiger partial charge on any atom is -0.493 e. The van der Waals surface area contributed by atoms with Gasteiger partial charge in [0.2, 0.25) is 15.9 Å². The largest absolute Gasteiger partial charge is 0.493 e. The van der Waals surface area contributed by atoms with Crippen LogP contribution in [0.5, 0.6) is 11.5 Å². The van der Waals surface area contributed by atoms with Crippen molar-refractivity contribution in [1.29, 1.82) is 0 Å². The summed E-state index contributed by atoms with van der Waals surface area (Å²) in [4.78, 5) is 12.5. The summed E-state index contributed by atoms with van der Waals surface area (Å²) >= 11 is 0. The standard InChI is InChI=1S/C19H24N2O5S/c1-13-6-8-15(12-18(13)27(23,24)21(2)3)20-19(22)11-14-7-9-16(25-4)17(10-14)26-5/h6-10,12H,11H2,1-5H3,(H,20,22). The van der Waals surface area contributed by atoms with E-state index in [9.17, 15) is 13.2 Å². The molecule has 0 aromatic heterocycles. The molecule has 0 spiro atoms. The number of methoxy groups -OCH3 is 2. The fraction of sp³-hybridized carbons (Fsp3) is 0.316. The molecule has 1 amide bonds. The van der Waals surface area contributed by atoms with Crippen molar-refractivity contribution in [2.75, 3.05) is 33.6 Å². The molecule has 2 rings (SSSR count). The molecule has 0 atom stereocenters. The minimum atomic E-state index is -3.59. The van der Waals surface area contributed by atoms with E-state index >= 15 is 0 Å². The van der Waals surface area contributed by atoms with Gasteiger partial charge in [0.1, 0.15) is 0 Å². The van der Waals surface area contributed by atoms with Gasteiger partial charge < -0.3 is 14.8 Å². The second kappa shape index (κ2) is 8.41. The minimum absolute atomic E-state index is 0.115. The summed E-state index contributed by atoms with van der Waals surface area (Å²) in [6.07, 6.45) is 0.115. The first-order chi connectivity index (χ1) is 12.7. The molecule has 0 saturated carbocycles. The van der Waals surface area contributed by atoms with E-state index in [0.717, 1.165) is 9.87 Å². The molecule has 0 heterocycles. The average Bonchev–Trinajstić information content (AvgIpc) is 2.62. The van der Waals surface area contributed by atoms with Crippen LogP contribution in [0.25, 0.3) is 0 Å². The summed E-state index contributed by atoms with van der Waals surface area (Å²) in [5, 5.41) is 2.74. The first-order valence-electron chi connectivity index (χ1n) is 8.23. The zero-order valence-electron chi connectivity index (χ0n) is 16.1. The fourth-order valence-corrected chi connectivity index (χ4v) is 3.68. The van der Waals surface area contributed by atoms with E-state index in [-0.39, 0.29) is 17.2 Å². The Bertz CT molecular complexity index is 939. The van der Waals surface area contributed by atoms with E-state index in [1.54, 1.807) is 44.4 Å². The molecule has 27 heavy (non-hydrogen) atoms. The molecule has 0 unspecified atom stereocenters. The molecule has 0 bridgehead atoms. The van der Waals surface area contributed by atoms with Gasteiger partial charge in [-0.1, -0.05) is 12.1 Å². The molecular weight excluding hydrogens is 368 g/mol. The molecule has 0 fully saturated rings. The van der Waals surface area contributed by atoms with Gasteiger partial charge in [0.25, 0.3) is 0 Å². The maximum Gasteiger partial charge on any atom is 0.242 e. The number of hydrogen-bond acceptors (Lipinski definition) is 5. The van der Waals surface area contributed by atoms with Crippen LogP contribution in [-0.2, 0) is 21.2 Å².